The highest BCUT2D eigenvalue weighted by molar-refractivity contribution is 6.32. The van der Waals surface area contributed by atoms with Crippen LogP contribution in [0.25, 0.3) is 11.1 Å². The number of methoxy groups -OCH3 is 1. The van der Waals surface area contributed by atoms with Crippen LogP contribution in [0.2, 0.25) is 5.15 Å². The van der Waals surface area contributed by atoms with Crippen molar-refractivity contribution in [3.63, 3.8) is 0 Å². The van der Waals surface area contributed by atoms with Crippen molar-refractivity contribution in [3.8, 4) is 16.9 Å². The highest BCUT2D eigenvalue weighted by atomic mass is 35.5. The molecule has 1 aromatic heterocycles. The fourth-order valence-corrected chi connectivity index (χ4v) is 2.43. The van der Waals surface area contributed by atoms with Gasteiger partial charge in [-0.3, -0.25) is 5.43 Å². The van der Waals surface area contributed by atoms with E-state index in [0.29, 0.717) is 11.0 Å². The minimum atomic E-state index is 0.332. The van der Waals surface area contributed by atoms with Crippen molar-refractivity contribution in [3.05, 3.63) is 70.9 Å². The van der Waals surface area contributed by atoms with Gasteiger partial charge in [0.05, 0.1) is 13.3 Å². The van der Waals surface area contributed by atoms with Gasteiger partial charge in [0.1, 0.15) is 5.75 Å². The summed E-state index contributed by atoms with van der Waals surface area (Å²) < 4.78 is 5.17. The minimum Gasteiger partial charge on any atom is -0.497 e. The van der Waals surface area contributed by atoms with E-state index in [4.69, 9.17) is 16.3 Å². The van der Waals surface area contributed by atoms with Gasteiger partial charge in [0.2, 0.25) is 0 Å². The first-order chi connectivity index (χ1) is 12.2. The molecule has 0 spiro atoms. The van der Waals surface area contributed by atoms with Crippen molar-refractivity contribution in [1.82, 2.24) is 10.2 Å². The quantitative estimate of drug-likeness (QED) is 0.540. The van der Waals surface area contributed by atoms with E-state index in [9.17, 15) is 0 Å². The molecule has 5 nitrogen and oxygen atoms in total. The third kappa shape index (κ3) is 4.33. The van der Waals surface area contributed by atoms with E-state index in [1.165, 1.54) is 5.56 Å². The second-order valence-corrected chi connectivity index (χ2v) is 5.80. The number of halogens is 1. The Balaban J connectivity index is 1.77. The molecule has 0 aliphatic heterocycles. The molecular formula is C19H17ClN4O. The lowest BCUT2D eigenvalue weighted by atomic mass is 10.1. The molecule has 0 radical (unpaired) electrons. The summed E-state index contributed by atoms with van der Waals surface area (Å²) in [7, 11) is 1.63. The fourth-order valence-electron chi connectivity index (χ4n) is 2.23. The average molecular weight is 353 g/mol. The molecule has 3 rings (SSSR count). The number of rotatable bonds is 5. The van der Waals surface area contributed by atoms with E-state index < -0.39 is 0 Å². The Morgan fingerprint density at radius 3 is 2.44 bits per heavy atom. The number of hydrogen-bond acceptors (Lipinski definition) is 5. The topological polar surface area (TPSA) is 59.4 Å². The first-order valence-electron chi connectivity index (χ1n) is 7.69. The van der Waals surface area contributed by atoms with Crippen LogP contribution in [0.15, 0.2) is 59.7 Å². The van der Waals surface area contributed by atoms with Crippen molar-refractivity contribution < 1.29 is 4.74 Å². The van der Waals surface area contributed by atoms with Crippen molar-refractivity contribution in [2.24, 2.45) is 5.10 Å². The van der Waals surface area contributed by atoms with E-state index in [1.807, 2.05) is 61.5 Å². The zero-order chi connectivity index (χ0) is 17.6. The van der Waals surface area contributed by atoms with E-state index >= 15 is 0 Å². The monoisotopic (exact) mass is 352 g/mol. The van der Waals surface area contributed by atoms with E-state index in [2.05, 4.69) is 20.7 Å². The molecule has 0 atom stereocenters. The number of aryl methyl sites for hydroxylation is 1. The van der Waals surface area contributed by atoms with Crippen LogP contribution in [0, 0.1) is 6.92 Å². The maximum atomic E-state index is 6.18. The van der Waals surface area contributed by atoms with Crippen LogP contribution >= 0.6 is 11.6 Å². The Morgan fingerprint density at radius 1 is 1.04 bits per heavy atom. The normalized spacial score (nSPS) is 10.8. The van der Waals surface area contributed by atoms with Gasteiger partial charge < -0.3 is 4.74 Å². The second kappa shape index (κ2) is 7.77. The predicted molar refractivity (Wildman–Crippen MR) is 101 cm³/mol. The van der Waals surface area contributed by atoms with Gasteiger partial charge in [-0.1, -0.05) is 53.6 Å². The summed E-state index contributed by atoms with van der Waals surface area (Å²) in [6.45, 7) is 2.04. The lowest BCUT2D eigenvalue weighted by Crippen LogP contribution is -1.97. The number of anilines is 1. The summed E-state index contributed by atoms with van der Waals surface area (Å²) in [5.74, 6) is 1.29. The van der Waals surface area contributed by atoms with Gasteiger partial charge in [-0.2, -0.15) is 5.10 Å². The Labute approximate surface area is 151 Å². The maximum Gasteiger partial charge on any atom is 0.169 e. The summed E-state index contributed by atoms with van der Waals surface area (Å²) in [5, 5.41) is 12.5. The summed E-state index contributed by atoms with van der Waals surface area (Å²) in [4.78, 5) is 0. The van der Waals surface area contributed by atoms with Crippen LogP contribution < -0.4 is 10.2 Å². The fraction of sp³-hybridized carbons (Fsp3) is 0.105. The standard InChI is InChI=1S/C19H17ClN4O/c1-13-3-5-14(6-4-13)12-21-22-18-11-17(19(20)24-23-18)15-7-9-16(25-2)10-8-15/h3-12H,1-2H3,(H,22,23)/b21-12+. The molecule has 0 aliphatic carbocycles. The van der Waals surface area contributed by atoms with Crippen LogP contribution in [-0.2, 0) is 0 Å². The molecule has 0 saturated carbocycles. The summed E-state index contributed by atoms with van der Waals surface area (Å²) in [6, 6.07) is 17.4. The zero-order valence-electron chi connectivity index (χ0n) is 13.9. The molecule has 2 aromatic carbocycles. The van der Waals surface area contributed by atoms with E-state index in [-0.39, 0.29) is 0 Å². The van der Waals surface area contributed by atoms with Crippen LogP contribution in [-0.4, -0.2) is 23.5 Å². The van der Waals surface area contributed by atoms with Gasteiger partial charge in [0, 0.05) is 5.56 Å². The summed E-state index contributed by atoms with van der Waals surface area (Å²) in [5.41, 5.74) is 6.78. The Morgan fingerprint density at radius 2 is 1.76 bits per heavy atom. The van der Waals surface area contributed by atoms with Crippen molar-refractivity contribution >= 4 is 23.6 Å². The number of ether oxygens (including phenoxy) is 1. The van der Waals surface area contributed by atoms with E-state index in [1.54, 1.807) is 13.3 Å². The molecule has 1 N–H and O–H groups in total. The summed E-state index contributed by atoms with van der Waals surface area (Å²) in [6.07, 6.45) is 1.72. The molecular weight excluding hydrogens is 336 g/mol. The first-order valence-corrected chi connectivity index (χ1v) is 8.07. The van der Waals surface area contributed by atoms with Gasteiger partial charge in [-0.25, -0.2) is 0 Å². The minimum absolute atomic E-state index is 0.332. The lowest BCUT2D eigenvalue weighted by Gasteiger charge is -2.07. The highest BCUT2D eigenvalue weighted by Crippen LogP contribution is 2.28. The SMILES string of the molecule is COc1ccc(-c2cc(N/N=C/c3ccc(C)cc3)nnc2Cl)cc1. The number of nitrogens with zero attached hydrogens (tertiary/aromatic N) is 3. The molecule has 0 fully saturated rings. The smallest absolute Gasteiger partial charge is 0.169 e. The molecule has 1 heterocycles. The zero-order valence-corrected chi connectivity index (χ0v) is 14.7. The van der Waals surface area contributed by atoms with Crippen LogP contribution in [0.3, 0.4) is 0 Å². The Hall–Kier alpha value is -2.92. The summed E-state index contributed by atoms with van der Waals surface area (Å²) >= 11 is 6.18. The van der Waals surface area contributed by atoms with Crippen LogP contribution in [0.4, 0.5) is 5.82 Å². The van der Waals surface area contributed by atoms with Gasteiger partial charge in [0.15, 0.2) is 11.0 Å². The number of hydrazone groups is 1. The number of benzene rings is 2. The number of hydrogen-bond donors (Lipinski definition) is 1. The van der Waals surface area contributed by atoms with Gasteiger partial charge in [-0.15, -0.1) is 10.2 Å². The average Bonchev–Trinajstić information content (AvgIpc) is 2.65. The third-order valence-electron chi connectivity index (χ3n) is 3.62. The van der Waals surface area contributed by atoms with Crippen molar-refractivity contribution in [1.29, 1.82) is 0 Å². The van der Waals surface area contributed by atoms with Crippen LogP contribution in [0.1, 0.15) is 11.1 Å². The molecule has 0 amide bonds. The molecule has 0 saturated heterocycles. The van der Waals surface area contributed by atoms with Crippen molar-refractivity contribution in [2.45, 2.75) is 6.92 Å². The molecule has 0 unspecified atom stereocenters. The number of nitrogens with one attached hydrogen (secondary N) is 1. The molecule has 6 heteroatoms. The van der Waals surface area contributed by atoms with Gasteiger partial charge in [0.25, 0.3) is 0 Å². The Bertz CT molecular complexity index is 877. The van der Waals surface area contributed by atoms with Gasteiger partial charge in [-0.05, 0) is 36.2 Å². The molecule has 3 aromatic rings. The number of aromatic nitrogens is 2. The second-order valence-electron chi connectivity index (χ2n) is 5.44. The maximum absolute atomic E-state index is 6.18. The molecule has 25 heavy (non-hydrogen) atoms. The molecule has 0 aliphatic rings. The van der Waals surface area contributed by atoms with Crippen molar-refractivity contribution in [2.75, 3.05) is 12.5 Å². The van der Waals surface area contributed by atoms with Crippen LogP contribution in [0.5, 0.6) is 5.75 Å². The largest absolute Gasteiger partial charge is 0.497 e. The van der Waals surface area contributed by atoms with E-state index in [0.717, 1.165) is 22.4 Å². The predicted octanol–water partition coefficient (Wildman–Crippen LogP) is 4.56. The molecule has 126 valence electrons. The Kier molecular flexibility index (Phi) is 5.26. The highest BCUT2D eigenvalue weighted by Gasteiger charge is 2.08. The lowest BCUT2D eigenvalue weighted by molar-refractivity contribution is 0.415. The third-order valence-corrected chi connectivity index (χ3v) is 3.90. The molecule has 0 bridgehead atoms. The first kappa shape index (κ1) is 16.9. The van der Waals surface area contributed by atoms with Gasteiger partial charge >= 0.3 is 0 Å².